The molecule has 1 saturated carbocycles. The number of aliphatic hydroxyl groups is 1. The van der Waals surface area contributed by atoms with Crippen LogP contribution in [0.15, 0.2) is 30.7 Å². The maximum absolute atomic E-state index is 12.9. The maximum Gasteiger partial charge on any atom is 0.387 e. The summed E-state index contributed by atoms with van der Waals surface area (Å²) in [5, 5.41) is 14.8. The van der Waals surface area contributed by atoms with Gasteiger partial charge in [-0.3, -0.25) is 19.4 Å². The van der Waals surface area contributed by atoms with Crippen molar-refractivity contribution in [1.82, 2.24) is 19.7 Å². The van der Waals surface area contributed by atoms with Crippen LogP contribution >= 0.6 is 0 Å². The van der Waals surface area contributed by atoms with Gasteiger partial charge in [-0.15, -0.1) is 0 Å². The molecule has 1 aliphatic carbocycles. The molecule has 32 heavy (non-hydrogen) atoms. The Morgan fingerprint density at radius 3 is 2.72 bits per heavy atom. The second-order valence-corrected chi connectivity index (χ2v) is 8.51. The normalized spacial score (nSPS) is 19.1. The van der Waals surface area contributed by atoms with Crippen LogP contribution in [-0.2, 0) is 0 Å². The van der Waals surface area contributed by atoms with Gasteiger partial charge in [-0.25, -0.2) is 0 Å². The van der Waals surface area contributed by atoms with E-state index in [0.29, 0.717) is 27.9 Å². The SMILES string of the molecule is CC(C)n1nc(-c2cncc(OC(F)F)c2)c2ncc(C(=O)C[C@H]3CCCC[C@@H]3O)cc21. The molecule has 0 saturated heterocycles. The first-order valence-corrected chi connectivity index (χ1v) is 10.8. The lowest BCUT2D eigenvalue weighted by Gasteiger charge is -2.26. The zero-order valence-electron chi connectivity index (χ0n) is 18.0. The third kappa shape index (κ3) is 4.62. The van der Waals surface area contributed by atoms with E-state index in [0.717, 1.165) is 25.7 Å². The molecule has 0 unspecified atom stereocenters. The number of alkyl halides is 2. The topological polar surface area (TPSA) is 90.1 Å². The van der Waals surface area contributed by atoms with Crippen molar-refractivity contribution >= 4 is 16.8 Å². The number of hydrogen-bond acceptors (Lipinski definition) is 6. The number of halogens is 2. The van der Waals surface area contributed by atoms with Crippen molar-refractivity contribution in [2.75, 3.05) is 0 Å². The van der Waals surface area contributed by atoms with E-state index in [9.17, 15) is 18.7 Å². The van der Waals surface area contributed by atoms with E-state index in [1.807, 2.05) is 13.8 Å². The van der Waals surface area contributed by atoms with Crippen molar-refractivity contribution in [1.29, 1.82) is 0 Å². The summed E-state index contributed by atoms with van der Waals surface area (Å²) in [5.74, 6) is -0.152. The molecule has 9 heteroatoms. The molecule has 4 rings (SSSR count). The van der Waals surface area contributed by atoms with Crippen molar-refractivity contribution < 1.29 is 23.4 Å². The molecule has 7 nitrogen and oxygen atoms in total. The monoisotopic (exact) mass is 444 g/mol. The molecule has 2 atom stereocenters. The minimum atomic E-state index is -2.95. The summed E-state index contributed by atoms with van der Waals surface area (Å²) in [7, 11) is 0. The Hall–Kier alpha value is -2.94. The molecule has 1 fully saturated rings. The van der Waals surface area contributed by atoms with Gasteiger partial charge in [-0.1, -0.05) is 12.8 Å². The summed E-state index contributed by atoms with van der Waals surface area (Å²) >= 11 is 0. The van der Waals surface area contributed by atoms with Gasteiger partial charge in [0.05, 0.1) is 17.8 Å². The fraction of sp³-hybridized carbons (Fsp3) is 0.478. The summed E-state index contributed by atoms with van der Waals surface area (Å²) in [4.78, 5) is 21.4. The van der Waals surface area contributed by atoms with Gasteiger partial charge in [0.25, 0.3) is 0 Å². The molecule has 3 aromatic heterocycles. The highest BCUT2D eigenvalue weighted by molar-refractivity contribution is 6.00. The summed E-state index contributed by atoms with van der Waals surface area (Å²) in [6, 6.07) is 3.19. The van der Waals surface area contributed by atoms with Crippen molar-refractivity contribution in [2.45, 2.75) is 64.7 Å². The molecule has 0 aliphatic heterocycles. The lowest BCUT2D eigenvalue weighted by atomic mass is 9.82. The summed E-state index contributed by atoms with van der Waals surface area (Å²) in [6.07, 6.45) is 7.69. The van der Waals surface area contributed by atoms with Crippen molar-refractivity contribution in [3.63, 3.8) is 0 Å². The third-order valence-corrected chi connectivity index (χ3v) is 5.89. The Kier molecular flexibility index (Phi) is 6.45. The standard InChI is InChI=1S/C23H26F2N4O3/c1-13(2)29-18-8-15(20(31)9-14-5-3-4-6-19(14)30)11-27-22(18)21(28-29)16-7-17(12-26-10-16)32-23(24)25/h7-8,10-14,19,23,30H,3-6,9H2,1-2H3/t14-,19+/m1/s1. The number of fused-ring (bicyclic) bond motifs is 1. The molecule has 0 bridgehead atoms. The number of ether oxygens (including phenoxy) is 1. The second kappa shape index (κ2) is 9.28. The van der Waals surface area contributed by atoms with Crippen LogP contribution in [0, 0.1) is 5.92 Å². The molecule has 1 N–H and O–H groups in total. The number of carbonyl (C=O) groups is 1. The summed E-state index contributed by atoms with van der Waals surface area (Å²) in [5.41, 5.74) is 2.65. The third-order valence-electron chi connectivity index (χ3n) is 5.89. The highest BCUT2D eigenvalue weighted by Crippen LogP contribution is 2.32. The van der Waals surface area contributed by atoms with Crippen LogP contribution in [0.1, 0.15) is 62.4 Å². The minimum Gasteiger partial charge on any atom is -0.433 e. The van der Waals surface area contributed by atoms with Gasteiger partial charge in [0.15, 0.2) is 5.78 Å². The largest absolute Gasteiger partial charge is 0.433 e. The average Bonchev–Trinajstić information content (AvgIpc) is 3.14. The minimum absolute atomic E-state index is 0.0213. The first kappa shape index (κ1) is 22.3. The average molecular weight is 444 g/mol. The first-order valence-electron chi connectivity index (χ1n) is 10.8. The number of nitrogens with zero attached hydrogens (tertiary/aromatic N) is 4. The highest BCUT2D eigenvalue weighted by atomic mass is 19.3. The number of aromatic nitrogens is 4. The van der Waals surface area contributed by atoms with Crippen molar-refractivity contribution in [2.24, 2.45) is 5.92 Å². The van der Waals surface area contributed by atoms with Crippen molar-refractivity contribution in [3.05, 3.63) is 36.3 Å². The number of ketones is 1. The molecular formula is C23H26F2N4O3. The van der Waals surface area contributed by atoms with Crippen LogP contribution in [0.4, 0.5) is 8.78 Å². The van der Waals surface area contributed by atoms with E-state index in [-0.39, 0.29) is 29.9 Å². The van der Waals surface area contributed by atoms with Gasteiger partial charge < -0.3 is 9.84 Å². The molecule has 0 spiro atoms. The molecule has 3 aromatic rings. The smallest absolute Gasteiger partial charge is 0.387 e. The number of Topliss-reactive ketones (excluding diaryl/α,β-unsaturated/α-hetero) is 1. The van der Waals surface area contributed by atoms with Crippen LogP contribution in [-0.4, -0.2) is 43.4 Å². The van der Waals surface area contributed by atoms with Crippen LogP contribution in [0.2, 0.25) is 0 Å². The van der Waals surface area contributed by atoms with Gasteiger partial charge in [-0.2, -0.15) is 13.9 Å². The molecule has 0 amide bonds. The van der Waals surface area contributed by atoms with Gasteiger partial charge in [-0.05, 0) is 44.7 Å². The number of carbonyl (C=O) groups excluding carboxylic acids is 1. The predicted molar refractivity (Wildman–Crippen MR) is 115 cm³/mol. The molecule has 0 aromatic carbocycles. The Morgan fingerprint density at radius 1 is 1.22 bits per heavy atom. The van der Waals surface area contributed by atoms with E-state index in [2.05, 4.69) is 19.8 Å². The number of pyridine rings is 2. The Balaban J connectivity index is 1.69. The lowest BCUT2D eigenvalue weighted by molar-refractivity contribution is -0.0500. The zero-order valence-corrected chi connectivity index (χ0v) is 18.0. The van der Waals surface area contributed by atoms with Gasteiger partial charge in [0, 0.05) is 36.0 Å². The molecule has 1 aliphatic rings. The van der Waals surface area contributed by atoms with E-state index in [4.69, 9.17) is 0 Å². The van der Waals surface area contributed by atoms with E-state index in [1.165, 1.54) is 24.7 Å². The lowest BCUT2D eigenvalue weighted by Crippen LogP contribution is -2.26. The molecule has 3 heterocycles. The van der Waals surface area contributed by atoms with Gasteiger partial charge >= 0.3 is 6.61 Å². The molecular weight excluding hydrogens is 418 g/mol. The molecule has 0 radical (unpaired) electrons. The predicted octanol–water partition coefficient (Wildman–Crippen LogP) is 4.80. The van der Waals surface area contributed by atoms with Crippen LogP contribution in [0.25, 0.3) is 22.3 Å². The molecule has 170 valence electrons. The summed E-state index contributed by atoms with van der Waals surface area (Å²) in [6.45, 7) is 0.960. The second-order valence-electron chi connectivity index (χ2n) is 8.51. The maximum atomic E-state index is 12.9. The number of hydrogen-bond donors (Lipinski definition) is 1. The van der Waals surface area contributed by atoms with E-state index >= 15 is 0 Å². The van der Waals surface area contributed by atoms with E-state index in [1.54, 1.807) is 10.7 Å². The Labute approximate surface area is 184 Å². The quantitative estimate of drug-likeness (QED) is 0.527. The Bertz CT molecular complexity index is 1120. The zero-order chi connectivity index (χ0) is 22.8. The number of aliphatic hydroxyl groups excluding tert-OH is 1. The van der Waals surface area contributed by atoms with Gasteiger partial charge in [0.2, 0.25) is 0 Å². The fourth-order valence-electron chi connectivity index (χ4n) is 4.26. The number of rotatable bonds is 7. The fourth-order valence-corrected chi connectivity index (χ4v) is 4.26. The van der Waals surface area contributed by atoms with E-state index < -0.39 is 12.7 Å². The van der Waals surface area contributed by atoms with Crippen molar-refractivity contribution in [3.8, 4) is 17.0 Å². The first-order chi connectivity index (χ1) is 15.3. The van der Waals surface area contributed by atoms with Crippen LogP contribution < -0.4 is 4.74 Å². The van der Waals surface area contributed by atoms with Gasteiger partial charge in [0.1, 0.15) is 17.0 Å². The van der Waals surface area contributed by atoms with Crippen LogP contribution in [0.3, 0.4) is 0 Å². The van der Waals surface area contributed by atoms with Crippen LogP contribution in [0.5, 0.6) is 5.75 Å². The highest BCUT2D eigenvalue weighted by Gasteiger charge is 2.26. The summed E-state index contributed by atoms with van der Waals surface area (Å²) < 4.78 is 31.4. The Morgan fingerprint density at radius 2 is 2.00 bits per heavy atom.